The summed E-state index contributed by atoms with van der Waals surface area (Å²) < 4.78 is 16.6. The third kappa shape index (κ3) is 10.5. The molecule has 3 aromatic carbocycles. The van der Waals surface area contributed by atoms with Crippen molar-refractivity contribution in [3.05, 3.63) is 101 Å². The minimum atomic E-state index is -1.12. The number of hydrogen-bond acceptors (Lipinski definition) is 8. The molecule has 3 amide bonds. The number of hydrogen-bond donors (Lipinski definition) is 4. The number of carbonyl (C=O) groups excluding carboxylic acids is 3. The van der Waals surface area contributed by atoms with Gasteiger partial charge in [-0.05, 0) is 74.4 Å². The first-order valence-electron chi connectivity index (χ1n) is 17.3. The second kappa shape index (κ2) is 17.0. The van der Waals surface area contributed by atoms with Crippen LogP contribution in [0, 0.1) is 5.92 Å². The molecule has 0 unspecified atom stereocenters. The Hall–Kier alpha value is -4.45. The van der Waals surface area contributed by atoms with Crippen LogP contribution >= 0.6 is 0 Å². The van der Waals surface area contributed by atoms with Gasteiger partial charge in [-0.25, -0.2) is 4.79 Å². The summed E-state index contributed by atoms with van der Waals surface area (Å²) in [6, 6.07) is 23.0. The molecule has 0 spiro atoms. The average Bonchev–Trinajstić information content (AvgIpc) is 3.41. The summed E-state index contributed by atoms with van der Waals surface area (Å²) in [4.78, 5) is 41.2. The van der Waals surface area contributed by atoms with Crippen LogP contribution in [-0.2, 0) is 38.3 Å². The van der Waals surface area contributed by atoms with Gasteiger partial charge in [0.05, 0.1) is 37.5 Å². The van der Waals surface area contributed by atoms with Gasteiger partial charge in [-0.3, -0.25) is 9.59 Å². The summed E-state index contributed by atoms with van der Waals surface area (Å²) >= 11 is 0. The summed E-state index contributed by atoms with van der Waals surface area (Å²) in [5, 5.41) is 28.5. The van der Waals surface area contributed by atoms with E-state index in [1.54, 1.807) is 37.8 Å². The van der Waals surface area contributed by atoms with Crippen LogP contribution in [0.2, 0.25) is 0 Å². The van der Waals surface area contributed by atoms with Gasteiger partial charge in [0, 0.05) is 25.4 Å². The van der Waals surface area contributed by atoms with Crippen LogP contribution in [0.3, 0.4) is 0 Å². The van der Waals surface area contributed by atoms with Gasteiger partial charge in [-0.2, -0.15) is 0 Å². The molecule has 0 aromatic heterocycles. The van der Waals surface area contributed by atoms with E-state index in [1.807, 2.05) is 66.7 Å². The molecule has 50 heavy (non-hydrogen) atoms. The lowest BCUT2D eigenvalue weighted by atomic mass is 9.88. The van der Waals surface area contributed by atoms with Crippen molar-refractivity contribution in [2.45, 2.75) is 76.3 Å². The van der Waals surface area contributed by atoms with Gasteiger partial charge in [-0.15, -0.1) is 0 Å². The molecule has 1 fully saturated rings. The third-order valence-electron chi connectivity index (χ3n) is 9.00. The van der Waals surface area contributed by atoms with Gasteiger partial charge >= 0.3 is 6.09 Å². The maximum absolute atomic E-state index is 14.1. The quantitative estimate of drug-likeness (QED) is 0.213. The molecule has 5 atom stereocenters. The van der Waals surface area contributed by atoms with Crippen molar-refractivity contribution >= 4 is 17.9 Å². The molecule has 1 aliphatic carbocycles. The van der Waals surface area contributed by atoms with E-state index < -0.39 is 41.9 Å². The Kier molecular flexibility index (Phi) is 12.5. The lowest BCUT2D eigenvalue weighted by Crippen LogP contribution is -2.48. The van der Waals surface area contributed by atoms with Crippen LogP contribution in [0.15, 0.2) is 78.9 Å². The lowest BCUT2D eigenvalue weighted by molar-refractivity contribution is -0.137. The zero-order chi connectivity index (χ0) is 35.7. The molecule has 5 rings (SSSR count). The molecule has 0 radical (unpaired) electrons. The number of amides is 3. The van der Waals surface area contributed by atoms with Gasteiger partial charge in [0.1, 0.15) is 11.4 Å². The smallest absolute Gasteiger partial charge is 0.407 e. The number of aliphatic hydroxyl groups excluding tert-OH is 2. The first-order valence-corrected chi connectivity index (χ1v) is 17.3. The van der Waals surface area contributed by atoms with E-state index in [0.29, 0.717) is 44.9 Å². The Balaban J connectivity index is 1.32. The van der Waals surface area contributed by atoms with Crippen LogP contribution < -0.4 is 15.4 Å². The molecule has 2 aliphatic rings. The van der Waals surface area contributed by atoms with Gasteiger partial charge in [0.2, 0.25) is 5.91 Å². The molecular formula is C39H49N3O8. The Morgan fingerprint density at radius 3 is 2.28 bits per heavy atom. The van der Waals surface area contributed by atoms with Crippen LogP contribution in [0.5, 0.6) is 5.75 Å². The second-order valence-electron chi connectivity index (χ2n) is 14.0. The topological polar surface area (TPSA) is 147 Å². The Labute approximate surface area is 293 Å². The molecule has 0 saturated carbocycles. The number of ether oxygens (including phenoxy) is 3. The fourth-order valence-electron chi connectivity index (χ4n) is 6.42. The SMILES string of the molecule is CC(C)(C)OC(=O)N[C@@H](Cc1ccccc1)[C@@H](O)C[C@@H](Cc1ccc(OCC(=O)N2CCOCC2)cc1)C(=O)N[C@H]1c2ccccc2C[C@H]1O. The molecule has 11 heteroatoms. The number of alkyl carbamates (subject to hydrolysis) is 1. The van der Waals surface area contributed by atoms with Crippen LogP contribution in [-0.4, -0.2) is 89.8 Å². The van der Waals surface area contributed by atoms with E-state index in [1.165, 1.54) is 0 Å². The van der Waals surface area contributed by atoms with Gasteiger partial charge in [0.25, 0.3) is 5.91 Å². The van der Waals surface area contributed by atoms with E-state index in [0.717, 1.165) is 22.3 Å². The fraction of sp³-hybridized carbons (Fsp3) is 0.462. The average molecular weight is 688 g/mol. The zero-order valence-corrected chi connectivity index (χ0v) is 29.0. The van der Waals surface area contributed by atoms with Crippen molar-refractivity contribution in [3.63, 3.8) is 0 Å². The monoisotopic (exact) mass is 687 g/mol. The maximum atomic E-state index is 14.1. The zero-order valence-electron chi connectivity index (χ0n) is 29.0. The van der Waals surface area contributed by atoms with Crippen molar-refractivity contribution in [1.82, 2.24) is 15.5 Å². The first-order chi connectivity index (χ1) is 23.9. The highest BCUT2D eigenvalue weighted by atomic mass is 16.6. The summed E-state index contributed by atoms with van der Waals surface area (Å²) in [5.41, 5.74) is 2.83. The Morgan fingerprint density at radius 1 is 0.920 bits per heavy atom. The number of carbonyl (C=O) groups is 3. The minimum absolute atomic E-state index is 0.0237. The number of fused-ring (bicyclic) bond motifs is 1. The summed E-state index contributed by atoms with van der Waals surface area (Å²) in [6.45, 7) is 7.32. The van der Waals surface area contributed by atoms with Crippen molar-refractivity contribution in [3.8, 4) is 5.75 Å². The molecule has 268 valence electrons. The third-order valence-corrected chi connectivity index (χ3v) is 9.00. The molecule has 11 nitrogen and oxygen atoms in total. The second-order valence-corrected chi connectivity index (χ2v) is 14.0. The van der Waals surface area contributed by atoms with Gasteiger partial charge in [0.15, 0.2) is 6.61 Å². The van der Waals surface area contributed by atoms with Crippen molar-refractivity contribution < 1.29 is 38.8 Å². The number of rotatable bonds is 13. The molecule has 1 aliphatic heterocycles. The number of aliphatic hydroxyl groups is 2. The summed E-state index contributed by atoms with van der Waals surface area (Å²) in [7, 11) is 0. The van der Waals surface area contributed by atoms with Crippen molar-refractivity contribution in [2.75, 3.05) is 32.9 Å². The molecule has 4 N–H and O–H groups in total. The highest BCUT2D eigenvalue weighted by molar-refractivity contribution is 5.80. The minimum Gasteiger partial charge on any atom is -0.484 e. The predicted octanol–water partition coefficient (Wildman–Crippen LogP) is 3.74. The lowest BCUT2D eigenvalue weighted by Gasteiger charge is -2.30. The summed E-state index contributed by atoms with van der Waals surface area (Å²) in [5.74, 6) is -0.634. The van der Waals surface area contributed by atoms with E-state index in [-0.39, 0.29) is 31.3 Å². The maximum Gasteiger partial charge on any atom is 0.407 e. The van der Waals surface area contributed by atoms with Gasteiger partial charge in [-0.1, -0.05) is 66.7 Å². The standard InChI is InChI=1S/C39H49N3O8/c1-39(2,3)50-38(47)40-32(22-26-9-5-4-6-10-26)33(43)24-29(37(46)41-36-31-12-8-7-11-28(31)23-34(36)44)21-27-13-15-30(16-14-27)49-25-35(45)42-17-19-48-20-18-42/h4-16,29,32-34,36,43-44H,17-25H2,1-3H3,(H,40,47)(H,41,46)/t29-,32+,33+,34-,36+/m1/s1. The van der Waals surface area contributed by atoms with E-state index in [2.05, 4.69) is 10.6 Å². The number of nitrogens with one attached hydrogen (secondary N) is 2. The van der Waals surface area contributed by atoms with E-state index in [4.69, 9.17) is 14.2 Å². The molecule has 3 aromatic rings. The highest BCUT2D eigenvalue weighted by Crippen LogP contribution is 2.32. The Bertz CT molecular complexity index is 1570. The fourth-order valence-corrected chi connectivity index (χ4v) is 6.42. The number of morpholine rings is 1. The molecular weight excluding hydrogens is 638 g/mol. The number of nitrogens with zero attached hydrogens (tertiary/aromatic N) is 1. The van der Waals surface area contributed by atoms with Crippen LogP contribution in [0.25, 0.3) is 0 Å². The van der Waals surface area contributed by atoms with Crippen LogP contribution in [0.1, 0.15) is 55.5 Å². The molecule has 0 bridgehead atoms. The van der Waals surface area contributed by atoms with Crippen molar-refractivity contribution in [2.24, 2.45) is 5.92 Å². The largest absolute Gasteiger partial charge is 0.484 e. The van der Waals surface area contributed by atoms with E-state index in [9.17, 15) is 24.6 Å². The van der Waals surface area contributed by atoms with Crippen LogP contribution in [0.4, 0.5) is 4.79 Å². The predicted molar refractivity (Wildman–Crippen MR) is 187 cm³/mol. The van der Waals surface area contributed by atoms with E-state index >= 15 is 0 Å². The van der Waals surface area contributed by atoms with Crippen molar-refractivity contribution in [1.29, 1.82) is 0 Å². The highest BCUT2D eigenvalue weighted by Gasteiger charge is 2.35. The summed E-state index contributed by atoms with van der Waals surface area (Å²) in [6.07, 6.45) is -1.51. The molecule has 1 heterocycles. The van der Waals surface area contributed by atoms with Gasteiger partial charge < -0.3 is 40.0 Å². The Morgan fingerprint density at radius 2 is 1.58 bits per heavy atom. The normalized spacial score (nSPS) is 19.1. The molecule has 1 saturated heterocycles. The number of benzene rings is 3. The first kappa shape index (κ1) is 36.8.